The van der Waals surface area contributed by atoms with Gasteiger partial charge in [0, 0.05) is 25.3 Å². The molecule has 2 fully saturated rings. The number of amides is 3. The van der Waals surface area contributed by atoms with E-state index < -0.39 is 5.60 Å². The van der Waals surface area contributed by atoms with E-state index in [0.29, 0.717) is 13.1 Å². The van der Waals surface area contributed by atoms with E-state index in [1.165, 1.54) is 0 Å². The van der Waals surface area contributed by atoms with E-state index in [1.54, 1.807) is 27.3 Å². The Morgan fingerprint density at radius 2 is 2.00 bits per heavy atom. The van der Waals surface area contributed by atoms with Gasteiger partial charge in [0.25, 0.3) is 0 Å². The molecule has 2 saturated heterocycles. The summed E-state index contributed by atoms with van der Waals surface area (Å²) in [5.74, 6) is 0. The number of aromatic nitrogens is 1. The third kappa shape index (κ3) is 5.15. The summed E-state index contributed by atoms with van der Waals surface area (Å²) >= 11 is 1.56. The minimum Gasteiger partial charge on any atom is -0.444 e. The molecule has 2 unspecified atom stereocenters. The molecule has 0 spiro atoms. The summed E-state index contributed by atoms with van der Waals surface area (Å²) in [7, 11) is 0. The zero-order valence-electron chi connectivity index (χ0n) is 23.9. The Hall–Kier alpha value is -3.21. The average Bonchev–Trinajstić information content (AvgIpc) is 3.54. The number of likely N-dealkylation sites (tertiary alicyclic amines) is 1. The molecule has 0 aliphatic carbocycles. The van der Waals surface area contributed by atoms with Gasteiger partial charge in [0.2, 0.25) is 0 Å². The first kappa shape index (κ1) is 27.0. The highest BCUT2D eigenvalue weighted by molar-refractivity contribution is 7.19. The van der Waals surface area contributed by atoms with E-state index in [-0.39, 0.29) is 35.9 Å². The lowest BCUT2D eigenvalue weighted by molar-refractivity contribution is 0.0183. The lowest BCUT2D eigenvalue weighted by atomic mass is 9.87. The molecule has 3 atom stereocenters. The number of rotatable bonds is 4. The molecule has 6 rings (SSSR count). The zero-order chi connectivity index (χ0) is 28.4. The molecule has 0 saturated carbocycles. The Bertz CT molecular complexity index is 1470. The molecule has 40 heavy (non-hydrogen) atoms. The van der Waals surface area contributed by atoms with Gasteiger partial charge in [0.05, 0.1) is 27.3 Å². The van der Waals surface area contributed by atoms with Gasteiger partial charge in [-0.05, 0) is 62.8 Å². The second kappa shape index (κ2) is 9.71. The number of carbonyl (C=O) groups excluding carboxylic acids is 2. The molecule has 3 aromatic rings. The maximum Gasteiger partial charge on any atom is 0.410 e. The number of anilines is 3. The Morgan fingerprint density at radius 1 is 1.20 bits per heavy atom. The minimum absolute atomic E-state index is 0.0376. The molecule has 3 amide bonds. The van der Waals surface area contributed by atoms with Crippen molar-refractivity contribution in [3.05, 3.63) is 47.0 Å². The van der Waals surface area contributed by atoms with Gasteiger partial charge in [-0.3, -0.25) is 10.2 Å². The first-order chi connectivity index (χ1) is 18.9. The second-order valence-corrected chi connectivity index (χ2v) is 13.9. The lowest BCUT2D eigenvalue weighted by Gasteiger charge is -2.34. The number of pyridine rings is 1. The van der Waals surface area contributed by atoms with Crippen LogP contribution in [0.1, 0.15) is 70.9 Å². The molecule has 3 aliphatic rings. The predicted octanol–water partition coefficient (Wildman–Crippen LogP) is 6.66. The average molecular weight is 564 g/mol. The number of epoxide rings is 1. The molecule has 5 heterocycles. The van der Waals surface area contributed by atoms with Crippen LogP contribution < -0.4 is 15.5 Å². The fourth-order valence-corrected chi connectivity index (χ4v) is 6.63. The van der Waals surface area contributed by atoms with Gasteiger partial charge in [-0.1, -0.05) is 32.9 Å². The van der Waals surface area contributed by atoms with E-state index >= 15 is 0 Å². The minimum atomic E-state index is -0.521. The number of urea groups is 1. The molecule has 10 heteroatoms. The van der Waals surface area contributed by atoms with Gasteiger partial charge < -0.3 is 19.7 Å². The molecule has 2 N–H and O–H groups in total. The summed E-state index contributed by atoms with van der Waals surface area (Å²) < 4.78 is 11.7. The van der Waals surface area contributed by atoms with Crippen LogP contribution in [-0.4, -0.2) is 53.0 Å². The number of nitrogens with zero attached hydrogens (tertiary/aromatic N) is 3. The summed E-state index contributed by atoms with van der Waals surface area (Å²) in [6.45, 7) is 13.4. The van der Waals surface area contributed by atoms with Gasteiger partial charge in [0.15, 0.2) is 0 Å². The maximum absolute atomic E-state index is 13.5. The molecule has 0 bridgehead atoms. The van der Waals surface area contributed by atoms with E-state index in [9.17, 15) is 9.59 Å². The van der Waals surface area contributed by atoms with E-state index in [2.05, 4.69) is 48.5 Å². The van der Waals surface area contributed by atoms with Crippen molar-refractivity contribution in [1.29, 1.82) is 0 Å². The van der Waals surface area contributed by atoms with Crippen molar-refractivity contribution in [3.8, 4) is 0 Å². The smallest absolute Gasteiger partial charge is 0.410 e. The summed E-state index contributed by atoms with van der Waals surface area (Å²) in [6.07, 6.45) is 2.97. The second-order valence-electron chi connectivity index (χ2n) is 12.8. The highest BCUT2D eigenvalue weighted by atomic mass is 32.1. The number of nitrogens with one attached hydrogen (secondary N) is 2. The molecular formula is C30H37N5O4S. The molecule has 3 aliphatic heterocycles. The van der Waals surface area contributed by atoms with Gasteiger partial charge >= 0.3 is 12.1 Å². The maximum atomic E-state index is 13.5. The Morgan fingerprint density at radius 3 is 2.75 bits per heavy atom. The zero-order valence-corrected chi connectivity index (χ0v) is 24.7. The molecule has 2 aromatic heterocycles. The predicted molar refractivity (Wildman–Crippen MR) is 157 cm³/mol. The van der Waals surface area contributed by atoms with Gasteiger partial charge in [-0.2, -0.15) is 0 Å². The normalized spacial score (nSPS) is 22.9. The van der Waals surface area contributed by atoms with Crippen LogP contribution in [0, 0.1) is 0 Å². The monoisotopic (exact) mass is 563 g/mol. The number of ether oxygens (including phenoxy) is 2. The topological polar surface area (TPSA) is 99.3 Å². The Balaban J connectivity index is 1.22. The van der Waals surface area contributed by atoms with Crippen molar-refractivity contribution in [1.82, 2.24) is 15.2 Å². The standard InChI is InChI=1S/C30H37N5O4S/c1-29(2,3)17-9-7-11-19(15-17)35-20-12-13-31-26-21(20)22(33-27(35)36)24(40-26)23-25(38-23)32-18-10-8-14-34(16-18)28(37)39-30(4,5)6/h7,9,11-13,15,18,23,25,32H,8,10,14,16H2,1-6H3,(H,33,36)/t18-,23?,25?/m1/s1. The summed E-state index contributed by atoms with van der Waals surface area (Å²) in [6, 6.07) is 9.96. The lowest BCUT2D eigenvalue weighted by Crippen LogP contribution is -2.50. The van der Waals surface area contributed by atoms with Crippen molar-refractivity contribution in [2.75, 3.05) is 23.3 Å². The number of piperidine rings is 1. The van der Waals surface area contributed by atoms with Crippen molar-refractivity contribution in [2.24, 2.45) is 0 Å². The van der Waals surface area contributed by atoms with Gasteiger partial charge in [-0.25, -0.2) is 14.6 Å². The SMILES string of the molecule is CC(C)(C)OC(=O)N1CCC[C@@H](NC2OC2c2sc3nccc4c3c2NC(=O)N4c2cccc(C(C)(C)C)c2)C1. The summed E-state index contributed by atoms with van der Waals surface area (Å²) in [4.78, 5) is 36.1. The number of thiophene rings is 1. The van der Waals surface area contributed by atoms with Crippen LogP contribution in [-0.2, 0) is 14.9 Å². The van der Waals surface area contributed by atoms with Crippen LogP contribution in [0.25, 0.3) is 10.2 Å². The molecule has 1 aromatic carbocycles. The van der Waals surface area contributed by atoms with Crippen LogP contribution in [0.15, 0.2) is 36.5 Å². The van der Waals surface area contributed by atoms with Crippen molar-refractivity contribution < 1.29 is 19.1 Å². The largest absolute Gasteiger partial charge is 0.444 e. The fourth-order valence-electron chi connectivity index (χ4n) is 5.45. The summed E-state index contributed by atoms with van der Waals surface area (Å²) in [5, 5.41) is 7.66. The number of hydrogen-bond acceptors (Lipinski definition) is 7. The van der Waals surface area contributed by atoms with Crippen molar-refractivity contribution in [3.63, 3.8) is 0 Å². The third-order valence-electron chi connectivity index (χ3n) is 7.47. The van der Waals surface area contributed by atoms with Crippen LogP contribution >= 0.6 is 11.3 Å². The van der Waals surface area contributed by atoms with Crippen LogP contribution in [0.5, 0.6) is 0 Å². The van der Waals surface area contributed by atoms with E-state index in [0.717, 1.165) is 50.6 Å². The molecule has 9 nitrogen and oxygen atoms in total. The first-order valence-corrected chi connectivity index (χ1v) is 14.7. The van der Waals surface area contributed by atoms with Gasteiger partial charge in [0.1, 0.15) is 22.8 Å². The highest BCUT2D eigenvalue weighted by Crippen LogP contribution is 2.52. The highest BCUT2D eigenvalue weighted by Gasteiger charge is 2.46. The van der Waals surface area contributed by atoms with Gasteiger partial charge in [-0.15, -0.1) is 11.3 Å². The molecule has 212 valence electrons. The van der Waals surface area contributed by atoms with E-state index in [4.69, 9.17) is 9.47 Å². The number of carbonyl (C=O) groups is 2. The molecule has 0 radical (unpaired) electrons. The van der Waals surface area contributed by atoms with Crippen LogP contribution in [0.3, 0.4) is 0 Å². The quantitative estimate of drug-likeness (QED) is 0.344. The Kier molecular flexibility index (Phi) is 6.55. The summed E-state index contributed by atoms with van der Waals surface area (Å²) in [5.41, 5.74) is 3.03. The third-order valence-corrected chi connectivity index (χ3v) is 8.63. The first-order valence-electron chi connectivity index (χ1n) is 13.9. The van der Waals surface area contributed by atoms with E-state index in [1.807, 2.05) is 39.0 Å². The fraction of sp³-hybridized carbons (Fsp3) is 0.500. The Labute approximate surface area is 238 Å². The van der Waals surface area contributed by atoms with Crippen molar-refractivity contribution >= 4 is 50.7 Å². The van der Waals surface area contributed by atoms with Crippen LogP contribution in [0.4, 0.5) is 26.7 Å². The number of benzene rings is 1. The number of hydrogen-bond donors (Lipinski definition) is 2. The van der Waals surface area contributed by atoms with Crippen molar-refractivity contribution in [2.45, 2.75) is 83.8 Å². The van der Waals surface area contributed by atoms with Crippen LogP contribution in [0.2, 0.25) is 0 Å². The molecular weight excluding hydrogens is 526 g/mol.